The van der Waals surface area contributed by atoms with Crippen LogP contribution >= 0.6 is 0 Å². The molecule has 0 N–H and O–H groups in total. The van der Waals surface area contributed by atoms with E-state index in [1.54, 1.807) is 0 Å². The second-order valence-electron chi connectivity index (χ2n) is 8.74. The van der Waals surface area contributed by atoms with E-state index in [-0.39, 0.29) is 0 Å². The summed E-state index contributed by atoms with van der Waals surface area (Å²) in [5.74, 6) is 1.62. The second kappa shape index (κ2) is 12.5. The van der Waals surface area contributed by atoms with Crippen molar-refractivity contribution >= 4 is 0 Å². The van der Waals surface area contributed by atoms with E-state index < -0.39 is 57.6 Å². The molecule has 0 unspecified atom stereocenters. The number of ether oxygens (including phenoxy) is 1. The van der Waals surface area contributed by atoms with E-state index in [9.17, 15) is 30.7 Å². The van der Waals surface area contributed by atoms with Crippen molar-refractivity contribution in [3.8, 4) is 29.4 Å². The quantitative estimate of drug-likeness (QED) is 0.0989. The molecular weight excluding hydrogens is 545 g/mol. The first-order chi connectivity index (χ1) is 19.6. The van der Waals surface area contributed by atoms with E-state index in [2.05, 4.69) is 29.1 Å². The minimum atomic E-state index is -3.96. The molecule has 4 rings (SSSR count). The standard InChI is InChI=1S/C33H19F7O/c1-2-3-4-21-5-7-22(8-6-21)9-10-23-11-14-25(15-12-23)33(39,40)41-26-19-28(34)27(29(35)20-26)16-13-24-17-30(36)32(38)31(37)18-24/h2,5-8,11-12,14-15,17-20H,1,3-4H2. The predicted octanol–water partition coefficient (Wildman–Crippen LogP) is 8.43. The van der Waals surface area contributed by atoms with Gasteiger partial charge in [-0.2, -0.15) is 8.78 Å². The van der Waals surface area contributed by atoms with Crippen molar-refractivity contribution in [1.82, 2.24) is 0 Å². The van der Waals surface area contributed by atoms with Crippen molar-refractivity contribution in [3.05, 3.63) is 148 Å². The fourth-order valence-corrected chi connectivity index (χ4v) is 3.61. The van der Waals surface area contributed by atoms with E-state index in [1.807, 2.05) is 36.3 Å². The van der Waals surface area contributed by atoms with Crippen LogP contribution in [0.25, 0.3) is 0 Å². The van der Waals surface area contributed by atoms with Gasteiger partial charge in [0.05, 0.1) is 11.1 Å². The molecule has 0 fully saturated rings. The van der Waals surface area contributed by atoms with Crippen molar-refractivity contribution in [1.29, 1.82) is 0 Å². The van der Waals surface area contributed by atoms with Gasteiger partial charge in [-0.15, -0.1) is 6.58 Å². The van der Waals surface area contributed by atoms with Crippen LogP contribution in [0.2, 0.25) is 0 Å². The summed E-state index contributed by atoms with van der Waals surface area (Å²) in [6.07, 6.45) is -0.388. The second-order valence-corrected chi connectivity index (χ2v) is 8.74. The highest BCUT2D eigenvalue weighted by atomic mass is 19.3. The Hall–Kier alpha value is -4.95. The van der Waals surface area contributed by atoms with Gasteiger partial charge in [-0.1, -0.05) is 41.9 Å². The smallest absolute Gasteiger partial charge is 0.426 e. The maximum atomic E-state index is 14.8. The highest BCUT2D eigenvalue weighted by Gasteiger charge is 2.35. The maximum Gasteiger partial charge on any atom is 0.426 e. The Balaban J connectivity index is 1.46. The highest BCUT2D eigenvalue weighted by Crippen LogP contribution is 2.33. The largest absolute Gasteiger partial charge is 0.429 e. The van der Waals surface area contributed by atoms with E-state index in [0.29, 0.717) is 29.8 Å². The molecule has 0 spiro atoms. The average Bonchev–Trinajstić information content (AvgIpc) is 2.93. The molecule has 4 aromatic carbocycles. The third-order valence-corrected chi connectivity index (χ3v) is 5.74. The molecule has 206 valence electrons. The third kappa shape index (κ3) is 7.38. The SMILES string of the molecule is C=CCCc1ccc(C#Cc2ccc(C(F)(F)Oc3cc(F)c(C#Cc4cc(F)c(F)c(F)c4)c(F)c3)cc2)cc1. The van der Waals surface area contributed by atoms with Crippen molar-refractivity contribution in [2.75, 3.05) is 0 Å². The Morgan fingerprint density at radius 2 is 1.17 bits per heavy atom. The molecule has 0 saturated carbocycles. The van der Waals surface area contributed by atoms with Gasteiger partial charge < -0.3 is 4.74 Å². The fourth-order valence-electron chi connectivity index (χ4n) is 3.61. The first-order valence-electron chi connectivity index (χ1n) is 12.1. The molecule has 8 heteroatoms. The van der Waals surface area contributed by atoms with Gasteiger partial charge in [-0.3, -0.25) is 0 Å². The lowest BCUT2D eigenvalue weighted by atomic mass is 10.1. The molecule has 4 aromatic rings. The average molecular weight is 565 g/mol. The van der Waals surface area contributed by atoms with Crippen molar-refractivity contribution in [3.63, 3.8) is 0 Å². The first-order valence-corrected chi connectivity index (χ1v) is 12.1. The lowest BCUT2D eigenvalue weighted by molar-refractivity contribution is -0.185. The van der Waals surface area contributed by atoms with Gasteiger partial charge in [-0.25, -0.2) is 22.0 Å². The Bertz CT molecular complexity index is 1660. The molecule has 0 saturated heterocycles. The zero-order valence-electron chi connectivity index (χ0n) is 21.2. The van der Waals surface area contributed by atoms with Gasteiger partial charge >= 0.3 is 6.11 Å². The molecule has 0 aliphatic rings. The fraction of sp³-hybridized carbons (Fsp3) is 0.0909. The van der Waals surface area contributed by atoms with Crippen LogP contribution in [-0.4, -0.2) is 0 Å². The Morgan fingerprint density at radius 3 is 1.71 bits per heavy atom. The number of halogens is 7. The zero-order chi connectivity index (χ0) is 29.6. The maximum absolute atomic E-state index is 14.8. The van der Waals surface area contributed by atoms with E-state index in [0.717, 1.165) is 36.1 Å². The zero-order valence-corrected chi connectivity index (χ0v) is 21.2. The van der Waals surface area contributed by atoms with Gasteiger partial charge in [0.1, 0.15) is 17.4 Å². The summed E-state index contributed by atoms with van der Waals surface area (Å²) in [4.78, 5) is 0. The van der Waals surface area contributed by atoms with Crippen molar-refractivity contribution in [2.45, 2.75) is 19.0 Å². The summed E-state index contributed by atoms with van der Waals surface area (Å²) >= 11 is 0. The molecule has 41 heavy (non-hydrogen) atoms. The van der Waals surface area contributed by atoms with Crippen LogP contribution < -0.4 is 4.74 Å². The summed E-state index contributed by atoms with van der Waals surface area (Å²) in [6, 6.07) is 14.6. The molecule has 0 radical (unpaired) electrons. The van der Waals surface area contributed by atoms with Crippen LogP contribution in [0.1, 0.15) is 39.8 Å². The summed E-state index contributed by atoms with van der Waals surface area (Å²) in [7, 11) is 0. The van der Waals surface area contributed by atoms with Gasteiger partial charge in [0.25, 0.3) is 0 Å². The third-order valence-electron chi connectivity index (χ3n) is 5.74. The van der Waals surface area contributed by atoms with Gasteiger partial charge in [-0.05, 0) is 66.9 Å². The Kier molecular flexibility index (Phi) is 8.84. The van der Waals surface area contributed by atoms with E-state index in [4.69, 9.17) is 0 Å². The number of hydrogen-bond acceptors (Lipinski definition) is 1. The van der Waals surface area contributed by atoms with Crippen LogP contribution in [0.5, 0.6) is 5.75 Å². The number of alkyl halides is 2. The van der Waals surface area contributed by atoms with Crippen LogP contribution in [0.4, 0.5) is 30.7 Å². The van der Waals surface area contributed by atoms with Crippen LogP contribution in [0.3, 0.4) is 0 Å². The molecule has 0 aliphatic carbocycles. The van der Waals surface area contributed by atoms with Crippen molar-refractivity contribution < 1.29 is 35.5 Å². The molecule has 0 bridgehead atoms. The van der Waals surface area contributed by atoms with Crippen LogP contribution in [0.15, 0.2) is 85.5 Å². The Labute approximate surface area is 231 Å². The lowest BCUT2D eigenvalue weighted by Gasteiger charge is -2.18. The molecule has 1 nitrogen and oxygen atoms in total. The summed E-state index contributed by atoms with van der Waals surface area (Å²) in [5, 5.41) is 0. The minimum Gasteiger partial charge on any atom is -0.429 e. The predicted molar refractivity (Wildman–Crippen MR) is 141 cm³/mol. The molecule has 0 atom stereocenters. The highest BCUT2D eigenvalue weighted by molar-refractivity contribution is 5.47. The summed E-state index contributed by atoms with van der Waals surface area (Å²) in [5.41, 5.74) is 0.514. The van der Waals surface area contributed by atoms with Crippen LogP contribution in [-0.2, 0) is 12.5 Å². The summed E-state index contributed by atoms with van der Waals surface area (Å²) in [6.45, 7) is 3.69. The monoisotopic (exact) mass is 564 g/mol. The summed E-state index contributed by atoms with van der Waals surface area (Å²) < 4.78 is 103. The molecule has 0 heterocycles. The Morgan fingerprint density at radius 1 is 0.659 bits per heavy atom. The van der Waals surface area contributed by atoms with Gasteiger partial charge in [0.2, 0.25) is 0 Å². The molecular formula is C33H19F7O. The number of hydrogen-bond donors (Lipinski definition) is 0. The first kappa shape index (κ1) is 29.0. The normalized spacial score (nSPS) is 10.7. The molecule has 0 aliphatic heterocycles. The number of benzene rings is 4. The van der Waals surface area contributed by atoms with Gasteiger partial charge in [0.15, 0.2) is 17.5 Å². The number of rotatable bonds is 6. The molecule has 0 amide bonds. The van der Waals surface area contributed by atoms with Gasteiger partial charge in [0, 0.05) is 28.8 Å². The molecule has 0 aromatic heterocycles. The number of aryl methyl sites for hydroxylation is 1. The van der Waals surface area contributed by atoms with Crippen LogP contribution in [0, 0.1) is 52.8 Å². The number of allylic oxidation sites excluding steroid dienone is 1. The van der Waals surface area contributed by atoms with Crippen molar-refractivity contribution in [2.24, 2.45) is 0 Å². The minimum absolute atomic E-state index is 0.391. The van der Waals surface area contributed by atoms with E-state index >= 15 is 0 Å². The van der Waals surface area contributed by atoms with E-state index in [1.165, 1.54) is 12.1 Å². The lowest BCUT2D eigenvalue weighted by Crippen LogP contribution is -2.22. The topological polar surface area (TPSA) is 9.23 Å².